The number of nitrogens with one attached hydrogen (secondary N) is 1. The normalized spacial score (nSPS) is 10.3. The summed E-state index contributed by atoms with van der Waals surface area (Å²) in [5.74, 6) is -1.98. The van der Waals surface area contributed by atoms with Gasteiger partial charge in [-0.2, -0.15) is 0 Å². The van der Waals surface area contributed by atoms with Crippen LogP contribution in [-0.2, 0) is 6.54 Å². The number of nitrogens with zero attached hydrogens (tertiary/aromatic N) is 1. The molecule has 20 heavy (non-hydrogen) atoms. The van der Waals surface area contributed by atoms with Crippen LogP contribution < -0.4 is 5.32 Å². The Hall–Kier alpha value is -2.70. The molecule has 0 aromatic heterocycles. The number of nitro benzene ring substituents is 1. The van der Waals surface area contributed by atoms with Crippen molar-refractivity contribution in [2.24, 2.45) is 0 Å². The van der Waals surface area contributed by atoms with E-state index in [0.29, 0.717) is 17.7 Å². The Morgan fingerprint density at radius 3 is 2.20 bits per heavy atom. The fourth-order valence-electron chi connectivity index (χ4n) is 1.64. The van der Waals surface area contributed by atoms with Gasteiger partial charge in [-0.05, 0) is 17.7 Å². The van der Waals surface area contributed by atoms with Crippen LogP contribution in [0.25, 0.3) is 0 Å². The van der Waals surface area contributed by atoms with Crippen molar-refractivity contribution in [3.8, 4) is 5.75 Å². The van der Waals surface area contributed by atoms with Crippen LogP contribution in [0.2, 0.25) is 0 Å². The number of aromatic hydroxyl groups is 1. The van der Waals surface area contributed by atoms with Gasteiger partial charge >= 0.3 is 0 Å². The zero-order chi connectivity index (χ0) is 14.7. The van der Waals surface area contributed by atoms with Crippen LogP contribution in [0.5, 0.6) is 5.75 Å². The molecule has 0 saturated carbocycles. The van der Waals surface area contributed by atoms with Gasteiger partial charge in [-0.15, -0.1) is 0 Å². The number of phenolic OH excluding ortho intramolecular Hbond substituents is 1. The third-order valence-corrected chi connectivity index (χ3v) is 2.64. The Balaban J connectivity index is 2.17. The highest BCUT2D eigenvalue weighted by Crippen LogP contribution is 2.25. The quantitative estimate of drug-likeness (QED) is 0.666. The van der Waals surface area contributed by atoms with Crippen LogP contribution in [0.15, 0.2) is 36.4 Å². The number of anilines is 1. The van der Waals surface area contributed by atoms with Gasteiger partial charge in [0.1, 0.15) is 11.4 Å². The maximum atomic E-state index is 13.6. The average molecular weight is 280 g/mol. The number of halogens is 2. The molecule has 0 amide bonds. The van der Waals surface area contributed by atoms with Crippen molar-refractivity contribution in [2.45, 2.75) is 6.54 Å². The van der Waals surface area contributed by atoms with Crippen LogP contribution >= 0.6 is 0 Å². The third kappa shape index (κ3) is 3.00. The fourth-order valence-corrected chi connectivity index (χ4v) is 1.64. The van der Waals surface area contributed by atoms with Crippen LogP contribution in [0.3, 0.4) is 0 Å². The Labute approximate surface area is 112 Å². The van der Waals surface area contributed by atoms with E-state index in [2.05, 4.69) is 5.32 Å². The maximum absolute atomic E-state index is 13.6. The molecule has 2 N–H and O–H groups in total. The standard InChI is InChI=1S/C13H10F2N2O3/c14-11-5-9(17(19)20)6-12(15)13(11)16-7-8-1-3-10(18)4-2-8/h1-6,16,18H,7H2. The van der Waals surface area contributed by atoms with E-state index in [1.165, 1.54) is 12.1 Å². The van der Waals surface area contributed by atoms with E-state index in [-0.39, 0.29) is 12.3 Å². The van der Waals surface area contributed by atoms with Gasteiger partial charge in [0, 0.05) is 6.54 Å². The van der Waals surface area contributed by atoms with Crippen LogP contribution in [0.1, 0.15) is 5.56 Å². The monoisotopic (exact) mass is 280 g/mol. The summed E-state index contributed by atoms with van der Waals surface area (Å²) in [7, 11) is 0. The molecule has 0 atom stereocenters. The Morgan fingerprint density at radius 1 is 1.15 bits per heavy atom. The predicted octanol–water partition coefficient (Wildman–Crippen LogP) is 3.19. The lowest BCUT2D eigenvalue weighted by Crippen LogP contribution is -2.04. The summed E-state index contributed by atoms with van der Waals surface area (Å²) in [6.45, 7) is 0.117. The minimum Gasteiger partial charge on any atom is -0.508 e. The van der Waals surface area contributed by atoms with Gasteiger partial charge in [0.05, 0.1) is 17.1 Å². The second kappa shape index (κ2) is 5.52. The molecule has 2 aromatic carbocycles. The second-order valence-electron chi connectivity index (χ2n) is 4.06. The van der Waals surface area contributed by atoms with Crippen molar-refractivity contribution in [1.82, 2.24) is 0 Å². The molecule has 0 spiro atoms. The molecule has 2 rings (SSSR count). The zero-order valence-electron chi connectivity index (χ0n) is 10.1. The minimum absolute atomic E-state index is 0.0847. The molecule has 0 radical (unpaired) electrons. The number of nitro groups is 1. The smallest absolute Gasteiger partial charge is 0.275 e. The summed E-state index contributed by atoms with van der Waals surface area (Å²) in [4.78, 5) is 9.59. The molecular weight excluding hydrogens is 270 g/mol. The highest BCUT2D eigenvalue weighted by molar-refractivity contribution is 5.52. The first kappa shape index (κ1) is 13.7. The number of hydrogen-bond donors (Lipinski definition) is 2. The maximum Gasteiger partial charge on any atom is 0.275 e. The van der Waals surface area contributed by atoms with Gasteiger partial charge in [-0.1, -0.05) is 12.1 Å². The zero-order valence-corrected chi connectivity index (χ0v) is 10.1. The van der Waals surface area contributed by atoms with Gasteiger partial charge < -0.3 is 10.4 Å². The van der Waals surface area contributed by atoms with Gasteiger partial charge in [-0.25, -0.2) is 8.78 Å². The summed E-state index contributed by atoms with van der Waals surface area (Å²) < 4.78 is 27.2. The summed E-state index contributed by atoms with van der Waals surface area (Å²) >= 11 is 0. The molecule has 0 unspecified atom stereocenters. The van der Waals surface area contributed by atoms with E-state index in [9.17, 15) is 18.9 Å². The molecule has 0 fully saturated rings. The van der Waals surface area contributed by atoms with Crippen LogP contribution in [0, 0.1) is 21.7 Å². The topological polar surface area (TPSA) is 75.4 Å². The summed E-state index contributed by atoms with van der Waals surface area (Å²) in [5.41, 5.74) is -0.376. The SMILES string of the molecule is O=[N+]([O-])c1cc(F)c(NCc2ccc(O)cc2)c(F)c1. The number of phenols is 1. The Kier molecular flexibility index (Phi) is 3.79. The summed E-state index contributed by atoms with van der Waals surface area (Å²) in [6, 6.07) is 7.37. The number of rotatable bonds is 4. The highest BCUT2D eigenvalue weighted by Gasteiger charge is 2.16. The summed E-state index contributed by atoms with van der Waals surface area (Å²) in [5, 5.41) is 22.1. The lowest BCUT2D eigenvalue weighted by molar-refractivity contribution is -0.385. The lowest BCUT2D eigenvalue weighted by Gasteiger charge is -2.09. The molecule has 0 aliphatic carbocycles. The lowest BCUT2D eigenvalue weighted by atomic mass is 10.2. The molecule has 2 aromatic rings. The molecule has 7 heteroatoms. The van der Waals surface area contributed by atoms with Gasteiger partial charge in [-0.3, -0.25) is 10.1 Å². The molecule has 0 aliphatic heterocycles. The van der Waals surface area contributed by atoms with Gasteiger partial charge in [0.15, 0.2) is 11.6 Å². The van der Waals surface area contributed by atoms with E-state index in [1.54, 1.807) is 12.1 Å². The predicted molar refractivity (Wildman–Crippen MR) is 68.4 cm³/mol. The van der Waals surface area contributed by atoms with E-state index in [1.807, 2.05) is 0 Å². The largest absolute Gasteiger partial charge is 0.508 e. The Bertz CT molecular complexity index is 622. The first-order chi connectivity index (χ1) is 9.47. The Morgan fingerprint density at radius 2 is 1.70 bits per heavy atom. The van der Waals surface area contributed by atoms with E-state index < -0.39 is 27.9 Å². The minimum atomic E-state index is -1.03. The summed E-state index contributed by atoms with van der Waals surface area (Å²) in [6.07, 6.45) is 0. The van der Waals surface area contributed by atoms with Crippen molar-refractivity contribution < 1.29 is 18.8 Å². The molecule has 0 saturated heterocycles. The first-order valence-electron chi connectivity index (χ1n) is 5.62. The highest BCUT2D eigenvalue weighted by atomic mass is 19.1. The fraction of sp³-hybridized carbons (Fsp3) is 0.0769. The average Bonchev–Trinajstić information content (AvgIpc) is 2.39. The number of benzene rings is 2. The van der Waals surface area contributed by atoms with E-state index in [4.69, 9.17) is 5.11 Å². The molecule has 5 nitrogen and oxygen atoms in total. The van der Waals surface area contributed by atoms with Crippen molar-refractivity contribution in [3.63, 3.8) is 0 Å². The van der Waals surface area contributed by atoms with Crippen molar-refractivity contribution in [1.29, 1.82) is 0 Å². The van der Waals surface area contributed by atoms with Crippen LogP contribution in [-0.4, -0.2) is 10.0 Å². The first-order valence-corrected chi connectivity index (χ1v) is 5.62. The molecule has 0 aliphatic rings. The van der Waals surface area contributed by atoms with E-state index in [0.717, 1.165) is 0 Å². The molecule has 0 heterocycles. The number of non-ortho nitro benzene ring substituents is 1. The molecule has 104 valence electrons. The molecule has 0 bridgehead atoms. The van der Waals surface area contributed by atoms with Crippen molar-refractivity contribution >= 4 is 11.4 Å². The van der Waals surface area contributed by atoms with Crippen molar-refractivity contribution in [3.05, 3.63) is 63.7 Å². The second-order valence-corrected chi connectivity index (χ2v) is 4.06. The van der Waals surface area contributed by atoms with Gasteiger partial charge in [0.2, 0.25) is 0 Å². The molecular formula is C13H10F2N2O3. The van der Waals surface area contributed by atoms with Gasteiger partial charge in [0.25, 0.3) is 5.69 Å². The van der Waals surface area contributed by atoms with E-state index >= 15 is 0 Å². The number of hydrogen-bond acceptors (Lipinski definition) is 4. The third-order valence-electron chi connectivity index (χ3n) is 2.64. The van der Waals surface area contributed by atoms with Crippen molar-refractivity contribution in [2.75, 3.05) is 5.32 Å². The van der Waals surface area contributed by atoms with Crippen LogP contribution in [0.4, 0.5) is 20.2 Å².